The number of amides is 3. The van der Waals surface area contributed by atoms with E-state index in [4.69, 9.17) is 19.9 Å². The van der Waals surface area contributed by atoms with Gasteiger partial charge in [0.15, 0.2) is 11.5 Å². The number of carboxylic acid groups (broad SMARTS) is 1. The maximum absolute atomic E-state index is 13.5. The van der Waals surface area contributed by atoms with Gasteiger partial charge in [-0.15, -0.1) is 0 Å². The van der Waals surface area contributed by atoms with Gasteiger partial charge in [-0.3, -0.25) is 29.0 Å². The maximum Gasteiger partial charge on any atom is 0.308 e. The quantitative estimate of drug-likeness (QED) is 0.320. The Kier molecular flexibility index (Phi) is 9.85. The van der Waals surface area contributed by atoms with Crippen molar-refractivity contribution in [2.45, 2.75) is 57.4 Å². The van der Waals surface area contributed by atoms with Crippen LogP contribution in [-0.2, 0) is 19.2 Å². The predicted molar refractivity (Wildman–Crippen MR) is 144 cm³/mol. The number of rotatable bonds is 14. The fourth-order valence-electron chi connectivity index (χ4n) is 5.95. The molecule has 3 N–H and O–H groups in total. The molecule has 1 aromatic rings. The normalized spacial score (nSPS) is 22.3. The number of nitrogens with two attached hydrogens (primary N) is 1. The molecule has 12 nitrogen and oxygen atoms in total. The first kappa shape index (κ1) is 29.6. The highest BCUT2D eigenvalue weighted by molar-refractivity contribution is 6.01. The third-order valence-electron chi connectivity index (χ3n) is 8.05. The van der Waals surface area contributed by atoms with Gasteiger partial charge in [-0.05, 0) is 43.5 Å². The minimum absolute atomic E-state index is 0.0306. The van der Waals surface area contributed by atoms with Crippen molar-refractivity contribution in [2.75, 3.05) is 53.2 Å². The van der Waals surface area contributed by atoms with Crippen molar-refractivity contribution in [3.05, 3.63) is 17.7 Å². The standard InChI is InChI=1S/C28H40N4O8/c1-3-4-10-30(11-5-9-29)25(35)16-31-15-19(18-13-21(38-2)27-22(14-18)39-17-40-27)26(28(36)37)20(31)8-12-32-23(33)6-7-24(32)34/h13-14,19-20,26H,3-12,15-17,29H2,1-2H3,(H,36,37)/t19-,20+,26-/m1/s1. The van der Waals surface area contributed by atoms with Gasteiger partial charge < -0.3 is 30.0 Å². The Labute approximate surface area is 234 Å². The molecule has 1 aromatic carbocycles. The average molecular weight is 561 g/mol. The number of carbonyl (C=O) groups is 4. The molecule has 12 heteroatoms. The van der Waals surface area contributed by atoms with Crippen molar-refractivity contribution in [1.29, 1.82) is 0 Å². The Morgan fingerprint density at radius 1 is 1.15 bits per heavy atom. The van der Waals surface area contributed by atoms with Crippen LogP contribution in [0.4, 0.5) is 0 Å². The second-order valence-corrected chi connectivity index (χ2v) is 10.5. The lowest BCUT2D eigenvalue weighted by Gasteiger charge is -2.30. The molecule has 3 aliphatic rings. The van der Waals surface area contributed by atoms with E-state index < -0.39 is 23.8 Å². The summed E-state index contributed by atoms with van der Waals surface area (Å²) < 4.78 is 16.6. The van der Waals surface area contributed by atoms with Gasteiger partial charge in [-0.1, -0.05) is 13.3 Å². The summed E-state index contributed by atoms with van der Waals surface area (Å²) in [4.78, 5) is 55.8. The largest absolute Gasteiger partial charge is 0.493 e. The zero-order valence-electron chi connectivity index (χ0n) is 23.3. The van der Waals surface area contributed by atoms with E-state index in [1.165, 1.54) is 12.0 Å². The zero-order chi connectivity index (χ0) is 28.8. The molecule has 3 heterocycles. The number of ether oxygens (including phenoxy) is 3. The van der Waals surface area contributed by atoms with E-state index in [-0.39, 0.29) is 56.9 Å². The van der Waals surface area contributed by atoms with Crippen LogP contribution in [0.1, 0.15) is 56.9 Å². The van der Waals surface area contributed by atoms with Crippen molar-refractivity contribution >= 4 is 23.7 Å². The second kappa shape index (κ2) is 13.3. The third kappa shape index (κ3) is 6.33. The molecule has 0 aromatic heterocycles. The first-order valence-corrected chi connectivity index (χ1v) is 14.0. The summed E-state index contributed by atoms with van der Waals surface area (Å²) >= 11 is 0. The summed E-state index contributed by atoms with van der Waals surface area (Å²) in [5.74, 6) is -1.58. The van der Waals surface area contributed by atoms with E-state index in [2.05, 4.69) is 6.92 Å². The molecule has 0 bridgehead atoms. The van der Waals surface area contributed by atoms with E-state index in [1.807, 2.05) is 4.90 Å². The number of carbonyl (C=O) groups excluding carboxylic acids is 3. The lowest BCUT2D eigenvalue weighted by Crippen LogP contribution is -2.46. The monoisotopic (exact) mass is 560 g/mol. The Balaban J connectivity index is 1.63. The molecule has 2 fully saturated rings. The molecule has 0 radical (unpaired) electrons. The van der Waals surface area contributed by atoms with Gasteiger partial charge in [0.25, 0.3) is 0 Å². The molecule has 0 unspecified atom stereocenters. The number of unbranched alkanes of at least 4 members (excludes halogenated alkanes) is 1. The lowest BCUT2D eigenvalue weighted by atomic mass is 9.84. The van der Waals surface area contributed by atoms with Gasteiger partial charge in [-0.2, -0.15) is 0 Å². The van der Waals surface area contributed by atoms with Crippen LogP contribution in [0.25, 0.3) is 0 Å². The third-order valence-corrected chi connectivity index (χ3v) is 8.05. The van der Waals surface area contributed by atoms with Crippen molar-refractivity contribution in [2.24, 2.45) is 11.7 Å². The average Bonchev–Trinajstić information content (AvgIpc) is 3.64. The molecule has 2 saturated heterocycles. The van der Waals surface area contributed by atoms with Crippen LogP contribution in [0.2, 0.25) is 0 Å². The van der Waals surface area contributed by atoms with Crippen LogP contribution >= 0.6 is 0 Å². The number of aliphatic carboxylic acids is 1. The molecule has 0 saturated carbocycles. The van der Waals surface area contributed by atoms with E-state index in [1.54, 1.807) is 17.0 Å². The number of likely N-dealkylation sites (tertiary alicyclic amines) is 2. The SMILES string of the molecule is CCCCN(CCCN)C(=O)CN1C[C@H](c2cc(OC)c3c(c2)OCO3)[C@@H](C(=O)O)[C@@H]1CCN1C(=O)CCC1=O. The van der Waals surface area contributed by atoms with Gasteiger partial charge in [0.1, 0.15) is 0 Å². The van der Waals surface area contributed by atoms with Crippen molar-refractivity contribution in [1.82, 2.24) is 14.7 Å². The molecule has 3 atom stereocenters. The van der Waals surface area contributed by atoms with Crippen LogP contribution in [0.5, 0.6) is 17.2 Å². The van der Waals surface area contributed by atoms with Gasteiger partial charge in [0.05, 0.1) is 19.6 Å². The Bertz CT molecular complexity index is 1090. The predicted octanol–water partition coefficient (Wildman–Crippen LogP) is 1.41. The number of imide groups is 1. The highest BCUT2D eigenvalue weighted by Crippen LogP contribution is 2.47. The highest BCUT2D eigenvalue weighted by Gasteiger charge is 2.48. The van der Waals surface area contributed by atoms with Crippen molar-refractivity contribution in [3.8, 4) is 17.2 Å². The van der Waals surface area contributed by atoms with Crippen LogP contribution in [0, 0.1) is 5.92 Å². The molecule has 3 amide bonds. The minimum atomic E-state index is -1.01. The van der Waals surface area contributed by atoms with Crippen LogP contribution in [0.15, 0.2) is 12.1 Å². The number of nitrogens with zero attached hydrogens (tertiary/aromatic N) is 3. The summed E-state index contributed by atoms with van der Waals surface area (Å²) in [6, 6.07) is 2.96. The number of hydrogen-bond donors (Lipinski definition) is 2. The van der Waals surface area contributed by atoms with E-state index in [0.717, 1.165) is 12.8 Å². The maximum atomic E-state index is 13.5. The number of methoxy groups -OCH3 is 1. The number of fused-ring (bicyclic) bond motifs is 1. The summed E-state index contributed by atoms with van der Waals surface area (Å²) in [7, 11) is 1.51. The summed E-state index contributed by atoms with van der Waals surface area (Å²) in [5.41, 5.74) is 6.41. The minimum Gasteiger partial charge on any atom is -0.493 e. The molecule has 3 aliphatic heterocycles. The Hall–Kier alpha value is -3.38. The van der Waals surface area contributed by atoms with Crippen molar-refractivity contribution in [3.63, 3.8) is 0 Å². The van der Waals surface area contributed by atoms with Crippen LogP contribution in [-0.4, -0.2) is 103 Å². The Morgan fingerprint density at radius 3 is 2.52 bits per heavy atom. The second-order valence-electron chi connectivity index (χ2n) is 10.5. The number of carboxylic acids is 1. The molecule has 0 spiro atoms. The smallest absolute Gasteiger partial charge is 0.308 e. The molecule has 4 rings (SSSR count). The first-order valence-electron chi connectivity index (χ1n) is 14.0. The van der Waals surface area contributed by atoms with E-state index >= 15 is 0 Å². The molecule has 220 valence electrons. The van der Waals surface area contributed by atoms with Crippen molar-refractivity contribution < 1.29 is 38.5 Å². The van der Waals surface area contributed by atoms with E-state index in [0.29, 0.717) is 55.4 Å². The Morgan fingerprint density at radius 2 is 1.88 bits per heavy atom. The van der Waals surface area contributed by atoms with Gasteiger partial charge in [0.2, 0.25) is 30.3 Å². The van der Waals surface area contributed by atoms with Crippen LogP contribution < -0.4 is 19.9 Å². The van der Waals surface area contributed by atoms with Crippen LogP contribution in [0.3, 0.4) is 0 Å². The zero-order valence-corrected chi connectivity index (χ0v) is 23.3. The van der Waals surface area contributed by atoms with Gasteiger partial charge >= 0.3 is 5.97 Å². The van der Waals surface area contributed by atoms with E-state index in [9.17, 15) is 24.3 Å². The fraction of sp³-hybridized carbons (Fsp3) is 0.643. The number of benzene rings is 1. The fourth-order valence-corrected chi connectivity index (χ4v) is 5.95. The molecule has 0 aliphatic carbocycles. The topological polar surface area (TPSA) is 152 Å². The lowest BCUT2D eigenvalue weighted by molar-refractivity contribution is -0.144. The molecule has 40 heavy (non-hydrogen) atoms. The first-order chi connectivity index (χ1) is 19.3. The van der Waals surface area contributed by atoms with Gasteiger partial charge in [0, 0.05) is 51.0 Å². The molecular weight excluding hydrogens is 520 g/mol. The van der Waals surface area contributed by atoms with Gasteiger partial charge in [-0.25, -0.2) is 0 Å². The summed E-state index contributed by atoms with van der Waals surface area (Å²) in [6.45, 7) is 4.16. The number of hydrogen-bond acceptors (Lipinski definition) is 9. The summed E-state index contributed by atoms with van der Waals surface area (Å²) in [6.07, 6.45) is 3.05. The molecular formula is C28H40N4O8. The summed E-state index contributed by atoms with van der Waals surface area (Å²) in [5, 5.41) is 10.5. The highest BCUT2D eigenvalue weighted by atomic mass is 16.7.